The lowest BCUT2D eigenvalue weighted by atomic mass is 9.94. The summed E-state index contributed by atoms with van der Waals surface area (Å²) in [5.74, 6) is 0. The van der Waals surface area contributed by atoms with Crippen molar-refractivity contribution in [2.45, 2.75) is 45.1 Å². The first kappa shape index (κ1) is 19.0. The Balaban J connectivity index is 0.00000208. The van der Waals surface area contributed by atoms with E-state index in [1.807, 2.05) is 11.5 Å². The van der Waals surface area contributed by atoms with E-state index in [1.165, 1.54) is 57.2 Å². The van der Waals surface area contributed by atoms with Crippen molar-refractivity contribution in [3.8, 4) is 0 Å². The number of hydrogen-bond acceptors (Lipinski definition) is 4. The van der Waals surface area contributed by atoms with Crippen LogP contribution in [0.25, 0.3) is 0 Å². The van der Waals surface area contributed by atoms with E-state index in [-0.39, 0.29) is 12.4 Å². The summed E-state index contributed by atoms with van der Waals surface area (Å²) in [4.78, 5) is 9.35. The largest absolute Gasteiger partial charge is 0.369 e. The van der Waals surface area contributed by atoms with Crippen LogP contribution in [0.15, 0.2) is 23.2 Å². The fourth-order valence-corrected chi connectivity index (χ4v) is 3.87. The highest BCUT2D eigenvalue weighted by molar-refractivity contribution is 5.85. The molecule has 5 nitrogen and oxygen atoms in total. The van der Waals surface area contributed by atoms with Gasteiger partial charge < -0.3 is 4.90 Å². The van der Waals surface area contributed by atoms with Crippen molar-refractivity contribution in [1.29, 1.82) is 0 Å². The number of aliphatic imine (C=N–C) groups is 1. The third-order valence-corrected chi connectivity index (χ3v) is 5.21. The van der Waals surface area contributed by atoms with Crippen LogP contribution in [0.3, 0.4) is 0 Å². The van der Waals surface area contributed by atoms with Crippen LogP contribution in [0.4, 0.5) is 11.4 Å². The molecule has 1 saturated carbocycles. The van der Waals surface area contributed by atoms with Gasteiger partial charge in [-0.2, -0.15) is 0 Å². The van der Waals surface area contributed by atoms with Crippen molar-refractivity contribution in [3.63, 3.8) is 0 Å². The molecule has 1 saturated heterocycles. The van der Waals surface area contributed by atoms with E-state index in [2.05, 4.69) is 33.8 Å². The van der Waals surface area contributed by atoms with Gasteiger partial charge in [0, 0.05) is 37.9 Å². The SMILES string of the molecule is Cc1cc(N2CCN(C3CCCCC3)CC2)ccc1N=CNO.Cl. The second kappa shape index (κ2) is 9.25. The van der Waals surface area contributed by atoms with Gasteiger partial charge in [-0.15, -0.1) is 12.4 Å². The average molecular weight is 353 g/mol. The molecule has 2 fully saturated rings. The zero-order valence-electron chi connectivity index (χ0n) is 14.4. The highest BCUT2D eigenvalue weighted by Crippen LogP contribution is 2.27. The zero-order valence-corrected chi connectivity index (χ0v) is 15.3. The summed E-state index contributed by atoms with van der Waals surface area (Å²) in [6.07, 6.45) is 8.33. The van der Waals surface area contributed by atoms with E-state index in [1.54, 1.807) is 0 Å². The summed E-state index contributed by atoms with van der Waals surface area (Å²) in [5, 5.41) is 8.60. The Morgan fingerprint density at radius 1 is 1.12 bits per heavy atom. The van der Waals surface area contributed by atoms with Crippen molar-refractivity contribution < 1.29 is 5.21 Å². The highest BCUT2D eigenvalue weighted by atomic mass is 35.5. The molecule has 2 aliphatic rings. The standard InChI is InChI=1S/C18H28N4O.ClH/c1-15-13-17(7-8-18(15)19-14-20-23)22-11-9-21(10-12-22)16-5-3-2-4-6-16;/h7-8,13-14,16,23H,2-6,9-12H2,1H3,(H,19,20);1H. The number of piperazine rings is 1. The Morgan fingerprint density at radius 3 is 2.46 bits per heavy atom. The molecule has 1 aliphatic carbocycles. The van der Waals surface area contributed by atoms with E-state index >= 15 is 0 Å². The number of hydrogen-bond donors (Lipinski definition) is 2. The van der Waals surface area contributed by atoms with Crippen molar-refractivity contribution in [1.82, 2.24) is 10.4 Å². The predicted molar refractivity (Wildman–Crippen MR) is 102 cm³/mol. The molecular formula is C18H29ClN4O. The Morgan fingerprint density at radius 2 is 1.83 bits per heavy atom. The minimum atomic E-state index is 0. The highest BCUT2D eigenvalue weighted by Gasteiger charge is 2.25. The van der Waals surface area contributed by atoms with Crippen LogP contribution in [-0.4, -0.2) is 48.7 Å². The number of hydroxylamine groups is 1. The van der Waals surface area contributed by atoms with E-state index in [0.29, 0.717) is 0 Å². The summed E-state index contributed by atoms with van der Waals surface area (Å²) in [5.41, 5.74) is 5.24. The number of nitrogens with zero attached hydrogens (tertiary/aromatic N) is 3. The van der Waals surface area contributed by atoms with Crippen LogP contribution in [0.2, 0.25) is 0 Å². The van der Waals surface area contributed by atoms with Gasteiger partial charge >= 0.3 is 0 Å². The maximum atomic E-state index is 8.60. The van der Waals surface area contributed by atoms with E-state index in [9.17, 15) is 0 Å². The van der Waals surface area contributed by atoms with Crippen LogP contribution < -0.4 is 10.4 Å². The molecule has 0 amide bonds. The van der Waals surface area contributed by atoms with Gasteiger partial charge in [-0.1, -0.05) is 19.3 Å². The van der Waals surface area contributed by atoms with Gasteiger partial charge in [0.25, 0.3) is 0 Å². The monoisotopic (exact) mass is 352 g/mol. The smallest absolute Gasteiger partial charge is 0.113 e. The lowest BCUT2D eigenvalue weighted by molar-refractivity contribution is 0.148. The summed E-state index contributed by atoms with van der Waals surface area (Å²) in [6.45, 7) is 6.63. The summed E-state index contributed by atoms with van der Waals surface area (Å²) in [7, 11) is 0. The fraction of sp³-hybridized carbons (Fsp3) is 0.611. The first-order valence-electron chi connectivity index (χ1n) is 8.80. The first-order valence-corrected chi connectivity index (χ1v) is 8.80. The molecule has 3 rings (SSSR count). The topological polar surface area (TPSA) is 51.1 Å². The second-order valence-electron chi connectivity index (χ2n) is 6.67. The zero-order chi connectivity index (χ0) is 16.1. The second-order valence-corrected chi connectivity index (χ2v) is 6.67. The lowest BCUT2D eigenvalue weighted by Crippen LogP contribution is -2.50. The molecule has 134 valence electrons. The Hall–Kier alpha value is -1.30. The Kier molecular flexibility index (Phi) is 7.34. The van der Waals surface area contributed by atoms with Gasteiger partial charge in [0.1, 0.15) is 6.34 Å². The molecule has 2 N–H and O–H groups in total. The van der Waals surface area contributed by atoms with Gasteiger partial charge in [0.15, 0.2) is 0 Å². The minimum absolute atomic E-state index is 0. The maximum Gasteiger partial charge on any atom is 0.113 e. The number of halogens is 1. The molecule has 0 bridgehead atoms. The minimum Gasteiger partial charge on any atom is -0.369 e. The van der Waals surface area contributed by atoms with E-state index < -0.39 is 0 Å². The molecule has 0 spiro atoms. The van der Waals surface area contributed by atoms with Crippen molar-refractivity contribution >= 4 is 30.1 Å². The summed E-state index contributed by atoms with van der Waals surface area (Å²) < 4.78 is 0. The number of aryl methyl sites for hydroxylation is 1. The molecular weight excluding hydrogens is 324 g/mol. The molecule has 0 radical (unpaired) electrons. The normalized spacial score (nSPS) is 20.2. The molecule has 1 aliphatic heterocycles. The third-order valence-electron chi connectivity index (χ3n) is 5.21. The van der Waals surface area contributed by atoms with Crippen LogP contribution in [0, 0.1) is 6.92 Å². The van der Waals surface area contributed by atoms with Gasteiger partial charge in [-0.25, -0.2) is 4.99 Å². The lowest BCUT2D eigenvalue weighted by Gasteiger charge is -2.41. The van der Waals surface area contributed by atoms with Crippen LogP contribution in [0.5, 0.6) is 0 Å². The van der Waals surface area contributed by atoms with Crippen LogP contribution in [0.1, 0.15) is 37.7 Å². The van der Waals surface area contributed by atoms with Crippen molar-refractivity contribution in [2.24, 2.45) is 4.99 Å². The predicted octanol–water partition coefficient (Wildman–Crippen LogP) is 3.51. The molecule has 0 atom stereocenters. The van der Waals surface area contributed by atoms with Gasteiger partial charge in [-0.3, -0.25) is 15.6 Å². The third kappa shape index (κ3) is 4.62. The van der Waals surface area contributed by atoms with Gasteiger partial charge in [0.2, 0.25) is 0 Å². The van der Waals surface area contributed by atoms with E-state index in [0.717, 1.165) is 30.4 Å². The number of nitrogens with one attached hydrogen (secondary N) is 1. The molecule has 1 aromatic carbocycles. The van der Waals surface area contributed by atoms with Crippen molar-refractivity contribution in [3.05, 3.63) is 23.8 Å². The summed E-state index contributed by atoms with van der Waals surface area (Å²) >= 11 is 0. The van der Waals surface area contributed by atoms with Crippen molar-refractivity contribution in [2.75, 3.05) is 31.1 Å². The molecule has 6 heteroatoms. The molecule has 1 aromatic rings. The van der Waals surface area contributed by atoms with Gasteiger partial charge in [-0.05, 0) is 43.5 Å². The van der Waals surface area contributed by atoms with Crippen LogP contribution >= 0.6 is 12.4 Å². The van der Waals surface area contributed by atoms with Crippen LogP contribution in [-0.2, 0) is 0 Å². The summed E-state index contributed by atoms with van der Waals surface area (Å²) in [6, 6.07) is 7.18. The van der Waals surface area contributed by atoms with Gasteiger partial charge in [0.05, 0.1) is 5.69 Å². The molecule has 1 heterocycles. The Bertz CT molecular complexity index is 538. The fourth-order valence-electron chi connectivity index (χ4n) is 3.87. The maximum absolute atomic E-state index is 8.60. The quantitative estimate of drug-likeness (QED) is 0.494. The number of rotatable bonds is 4. The molecule has 24 heavy (non-hydrogen) atoms. The Labute approximate surface area is 151 Å². The molecule has 0 unspecified atom stereocenters. The first-order chi connectivity index (χ1) is 11.3. The number of anilines is 1. The van der Waals surface area contributed by atoms with E-state index in [4.69, 9.17) is 5.21 Å². The average Bonchev–Trinajstić information content (AvgIpc) is 2.61. The number of benzene rings is 1. The molecule has 0 aromatic heterocycles.